The van der Waals surface area contributed by atoms with Crippen LogP contribution in [0, 0.1) is 0 Å². The van der Waals surface area contributed by atoms with Crippen LogP contribution in [0.25, 0.3) is 0 Å². The molecule has 4 nitrogen and oxygen atoms in total. The van der Waals surface area contributed by atoms with Crippen molar-refractivity contribution in [2.45, 2.75) is 51.0 Å². The summed E-state index contributed by atoms with van der Waals surface area (Å²) in [5, 5.41) is 3.11. The van der Waals surface area contributed by atoms with Gasteiger partial charge in [0.05, 0.1) is 12.3 Å². The monoisotopic (exact) mass is 249 g/mol. The molecule has 0 radical (unpaired) electrons. The minimum atomic E-state index is 0.524. The van der Waals surface area contributed by atoms with Crippen molar-refractivity contribution in [1.29, 1.82) is 0 Å². The van der Waals surface area contributed by atoms with E-state index in [9.17, 15) is 0 Å². The highest BCUT2D eigenvalue weighted by molar-refractivity contribution is 5.35. The van der Waals surface area contributed by atoms with Crippen LogP contribution in [0.5, 0.6) is 0 Å². The highest BCUT2D eigenvalue weighted by Crippen LogP contribution is 2.30. The van der Waals surface area contributed by atoms with E-state index in [4.69, 9.17) is 4.74 Å². The fourth-order valence-corrected chi connectivity index (χ4v) is 2.59. The molecule has 0 unspecified atom stereocenters. The molecule has 0 aliphatic heterocycles. The van der Waals surface area contributed by atoms with Crippen molar-refractivity contribution in [2.24, 2.45) is 0 Å². The van der Waals surface area contributed by atoms with Gasteiger partial charge >= 0.3 is 0 Å². The van der Waals surface area contributed by atoms with Gasteiger partial charge in [0.25, 0.3) is 0 Å². The molecule has 1 N–H and O–H groups in total. The van der Waals surface area contributed by atoms with Crippen LogP contribution in [0.1, 0.15) is 56.0 Å². The van der Waals surface area contributed by atoms with Gasteiger partial charge in [0, 0.05) is 26.1 Å². The fourth-order valence-electron chi connectivity index (χ4n) is 2.59. The second-order valence-corrected chi connectivity index (χ2v) is 4.97. The predicted octanol–water partition coefficient (Wildman–Crippen LogP) is 3.10. The Morgan fingerprint density at radius 1 is 1.22 bits per heavy atom. The lowest BCUT2D eigenvalue weighted by molar-refractivity contribution is 0.181. The number of methoxy groups -OCH3 is 1. The molecule has 2 rings (SSSR count). The van der Waals surface area contributed by atoms with Gasteiger partial charge in [-0.15, -0.1) is 0 Å². The smallest absolute Gasteiger partial charge is 0.134 e. The van der Waals surface area contributed by atoms with E-state index in [2.05, 4.69) is 15.3 Å². The van der Waals surface area contributed by atoms with Gasteiger partial charge in [-0.3, -0.25) is 0 Å². The van der Waals surface area contributed by atoms with Crippen LogP contribution in [0.4, 0.5) is 5.82 Å². The Kier molecular flexibility index (Phi) is 4.93. The third kappa shape index (κ3) is 3.42. The van der Waals surface area contributed by atoms with Crippen molar-refractivity contribution in [3.63, 3.8) is 0 Å². The Bertz CT molecular complexity index is 373. The minimum Gasteiger partial charge on any atom is -0.378 e. The van der Waals surface area contributed by atoms with E-state index in [0.717, 1.165) is 17.3 Å². The van der Waals surface area contributed by atoms with Crippen LogP contribution in [-0.2, 0) is 11.3 Å². The number of aromatic nitrogens is 2. The minimum absolute atomic E-state index is 0.524. The molecule has 1 saturated carbocycles. The SMILES string of the molecule is CNc1cc(COC)nc(C2CCCCCC2)n1. The summed E-state index contributed by atoms with van der Waals surface area (Å²) in [7, 11) is 3.60. The zero-order valence-corrected chi connectivity index (χ0v) is 11.4. The number of hydrogen-bond donors (Lipinski definition) is 1. The van der Waals surface area contributed by atoms with Gasteiger partial charge in [0.15, 0.2) is 0 Å². The third-order valence-electron chi connectivity index (χ3n) is 3.57. The molecule has 1 aliphatic rings. The van der Waals surface area contributed by atoms with E-state index >= 15 is 0 Å². The summed E-state index contributed by atoms with van der Waals surface area (Å²) in [5.74, 6) is 2.42. The first-order chi connectivity index (χ1) is 8.83. The maximum Gasteiger partial charge on any atom is 0.134 e. The topological polar surface area (TPSA) is 47.0 Å². The van der Waals surface area contributed by atoms with Crippen LogP contribution in [0.2, 0.25) is 0 Å². The molecule has 0 spiro atoms. The predicted molar refractivity (Wildman–Crippen MR) is 72.7 cm³/mol. The Labute approximate surface area is 109 Å². The van der Waals surface area contributed by atoms with E-state index in [0.29, 0.717) is 12.5 Å². The zero-order chi connectivity index (χ0) is 12.8. The molecule has 0 amide bonds. The van der Waals surface area contributed by atoms with E-state index in [1.807, 2.05) is 13.1 Å². The molecule has 18 heavy (non-hydrogen) atoms. The van der Waals surface area contributed by atoms with Crippen molar-refractivity contribution < 1.29 is 4.74 Å². The number of ether oxygens (including phenoxy) is 1. The van der Waals surface area contributed by atoms with Crippen LogP contribution < -0.4 is 5.32 Å². The maximum atomic E-state index is 5.18. The molecule has 1 heterocycles. The fraction of sp³-hybridized carbons (Fsp3) is 0.714. The normalized spacial score (nSPS) is 17.4. The summed E-state index contributed by atoms with van der Waals surface area (Å²) in [6.07, 6.45) is 7.76. The molecule has 1 aliphatic carbocycles. The summed E-state index contributed by atoms with van der Waals surface area (Å²) >= 11 is 0. The molecule has 0 atom stereocenters. The van der Waals surface area contributed by atoms with Crippen molar-refractivity contribution in [3.05, 3.63) is 17.6 Å². The van der Waals surface area contributed by atoms with Crippen LogP contribution in [0.15, 0.2) is 6.07 Å². The van der Waals surface area contributed by atoms with Crippen LogP contribution in [-0.4, -0.2) is 24.1 Å². The van der Waals surface area contributed by atoms with Gasteiger partial charge in [-0.1, -0.05) is 25.7 Å². The van der Waals surface area contributed by atoms with Gasteiger partial charge in [-0.2, -0.15) is 0 Å². The van der Waals surface area contributed by atoms with E-state index in [-0.39, 0.29) is 0 Å². The van der Waals surface area contributed by atoms with Gasteiger partial charge in [-0.05, 0) is 12.8 Å². The van der Waals surface area contributed by atoms with Crippen molar-refractivity contribution >= 4 is 5.82 Å². The van der Waals surface area contributed by atoms with Crippen LogP contribution in [0.3, 0.4) is 0 Å². The molecule has 0 aromatic carbocycles. The average molecular weight is 249 g/mol. The number of nitrogens with one attached hydrogen (secondary N) is 1. The molecule has 1 fully saturated rings. The highest BCUT2D eigenvalue weighted by atomic mass is 16.5. The summed E-state index contributed by atoms with van der Waals surface area (Å²) < 4.78 is 5.18. The number of anilines is 1. The Morgan fingerprint density at radius 2 is 1.94 bits per heavy atom. The van der Waals surface area contributed by atoms with Crippen molar-refractivity contribution in [3.8, 4) is 0 Å². The number of hydrogen-bond acceptors (Lipinski definition) is 4. The summed E-state index contributed by atoms with van der Waals surface area (Å²) in [4.78, 5) is 9.28. The van der Waals surface area contributed by atoms with E-state index < -0.39 is 0 Å². The average Bonchev–Trinajstić information content (AvgIpc) is 2.67. The van der Waals surface area contributed by atoms with Crippen molar-refractivity contribution in [2.75, 3.05) is 19.5 Å². The zero-order valence-electron chi connectivity index (χ0n) is 11.4. The third-order valence-corrected chi connectivity index (χ3v) is 3.57. The first-order valence-corrected chi connectivity index (χ1v) is 6.88. The van der Waals surface area contributed by atoms with E-state index in [1.165, 1.54) is 38.5 Å². The molecule has 1 aromatic heterocycles. The molecular formula is C14H23N3O. The maximum absolute atomic E-state index is 5.18. The number of nitrogens with zero attached hydrogens (tertiary/aromatic N) is 2. The first kappa shape index (κ1) is 13.3. The Balaban J connectivity index is 2.21. The van der Waals surface area contributed by atoms with Gasteiger partial charge in [0.2, 0.25) is 0 Å². The lowest BCUT2D eigenvalue weighted by Crippen LogP contribution is -2.09. The molecule has 4 heteroatoms. The molecular weight excluding hydrogens is 226 g/mol. The largest absolute Gasteiger partial charge is 0.378 e. The lowest BCUT2D eigenvalue weighted by Gasteiger charge is -2.15. The second kappa shape index (κ2) is 6.69. The molecule has 0 saturated heterocycles. The Hall–Kier alpha value is -1.16. The summed E-state index contributed by atoms with van der Waals surface area (Å²) in [6.45, 7) is 0.552. The van der Waals surface area contributed by atoms with Crippen molar-refractivity contribution in [1.82, 2.24) is 9.97 Å². The van der Waals surface area contributed by atoms with Gasteiger partial charge in [-0.25, -0.2) is 9.97 Å². The Morgan fingerprint density at radius 3 is 2.56 bits per heavy atom. The summed E-state index contributed by atoms with van der Waals surface area (Å²) in [5.41, 5.74) is 0.969. The lowest BCUT2D eigenvalue weighted by atomic mass is 9.99. The van der Waals surface area contributed by atoms with Gasteiger partial charge in [0.1, 0.15) is 11.6 Å². The van der Waals surface area contributed by atoms with Crippen LogP contribution >= 0.6 is 0 Å². The molecule has 100 valence electrons. The second-order valence-electron chi connectivity index (χ2n) is 4.97. The quantitative estimate of drug-likeness (QED) is 0.833. The molecule has 1 aromatic rings. The van der Waals surface area contributed by atoms with E-state index in [1.54, 1.807) is 7.11 Å². The van der Waals surface area contributed by atoms with Gasteiger partial charge < -0.3 is 10.1 Å². The molecule has 0 bridgehead atoms. The number of rotatable bonds is 4. The summed E-state index contributed by atoms with van der Waals surface area (Å²) in [6, 6.07) is 1.96. The highest BCUT2D eigenvalue weighted by Gasteiger charge is 2.18. The first-order valence-electron chi connectivity index (χ1n) is 6.88. The standard InChI is InChI=1S/C14H23N3O/c1-15-13-9-12(10-18-2)16-14(17-13)11-7-5-3-4-6-8-11/h9,11H,3-8,10H2,1-2H3,(H,15,16,17).